The van der Waals surface area contributed by atoms with Gasteiger partial charge in [-0.15, -0.1) is 0 Å². The van der Waals surface area contributed by atoms with Crippen molar-refractivity contribution in [1.29, 1.82) is 0 Å². The maximum atomic E-state index is 5.86. The van der Waals surface area contributed by atoms with E-state index in [4.69, 9.17) is 14.9 Å². The van der Waals surface area contributed by atoms with Crippen molar-refractivity contribution >= 4 is 11.0 Å². The topological polar surface area (TPSA) is 48.4 Å². The summed E-state index contributed by atoms with van der Waals surface area (Å²) >= 11 is 0. The summed E-state index contributed by atoms with van der Waals surface area (Å²) in [6.07, 6.45) is 4.11. The molecule has 2 aromatic rings. The van der Waals surface area contributed by atoms with E-state index >= 15 is 0 Å². The average molecular weight is 231 g/mol. The van der Waals surface area contributed by atoms with Gasteiger partial charge in [0.1, 0.15) is 11.3 Å². The van der Waals surface area contributed by atoms with Crippen LogP contribution in [-0.2, 0) is 17.9 Å². The van der Waals surface area contributed by atoms with Crippen LogP contribution in [0.2, 0.25) is 0 Å². The van der Waals surface area contributed by atoms with Crippen LogP contribution in [-0.4, -0.2) is 6.10 Å². The molecule has 0 spiro atoms. The number of fused-ring (bicyclic) bond motifs is 1. The van der Waals surface area contributed by atoms with Crippen LogP contribution in [0.5, 0.6) is 0 Å². The zero-order chi connectivity index (χ0) is 11.7. The molecule has 1 aliphatic carbocycles. The maximum absolute atomic E-state index is 5.86. The summed E-state index contributed by atoms with van der Waals surface area (Å²) in [6.45, 7) is 1.05. The van der Waals surface area contributed by atoms with Crippen molar-refractivity contribution in [2.24, 2.45) is 5.73 Å². The first-order valence-corrected chi connectivity index (χ1v) is 6.19. The molecule has 3 rings (SSSR count). The van der Waals surface area contributed by atoms with E-state index in [-0.39, 0.29) is 0 Å². The third kappa shape index (κ3) is 1.96. The highest BCUT2D eigenvalue weighted by Crippen LogP contribution is 2.29. The summed E-state index contributed by atoms with van der Waals surface area (Å²) < 4.78 is 11.6. The fraction of sp³-hybridized carbons (Fsp3) is 0.429. The van der Waals surface area contributed by atoms with Crippen LogP contribution in [0, 0.1) is 0 Å². The molecule has 1 fully saturated rings. The summed E-state index contributed by atoms with van der Waals surface area (Å²) in [5.41, 5.74) is 7.74. The van der Waals surface area contributed by atoms with E-state index in [1.54, 1.807) is 0 Å². The van der Waals surface area contributed by atoms with E-state index < -0.39 is 0 Å². The van der Waals surface area contributed by atoms with Crippen LogP contribution >= 0.6 is 0 Å². The van der Waals surface area contributed by atoms with Gasteiger partial charge >= 0.3 is 0 Å². The summed E-state index contributed by atoms with van der Waals surface area (Å²) in [5, 5.41) is 1.13. The normalized spacial score (nSPS) is 16.3. The Balaban J connectivity index is 1.88. The minimum atomic E-state index is 0.429. The first-order valence-electron chi connectivity index (χ1n) is 6.19. The van der Waals surface area contributed by atoms with E-state index in [1.807, 2.05) is 18.2 Å². The second kappa shape index (κ2) is 4.51. The van der Waals surface area contributed by atoms with Gasteiger partial charge in [0, 0.05) is 10.9 Å². The highest BCUT2D eigenvalue weighted by Gasteiger charge is 2.20. The number of benzene rings is 1. The minimum Gasteiger partial charge on any atom is -0.459 e. The van der Waals surface area contributed by atoms with E-state index in [0.717, 1.165) is 22.3 Å². The number of para-hydroxylation sites is 1. The van der Waals surface area contributed by atoms with Crippen LogP contribution in [0.3, 0.4) is 0 Å². The number of ether oxygens (including phenoxy) is 1. The van der Waals surface area contributed by atoms with E-state index in [9.17, 15) is 0 Å². The Labute approximate surface area is 101 Å². The van der Waals surface area contributed by atoms with Crippen LogP contribution in [0.25, 0.3) is 11.0 Å². The second-order valence-electron chi connectivity index (χ2n) is 4.57. The van der Waals surface area contributed by atoms with Crippen molar-refractivity contribution in [1.82, 2.24) is 0 Å². The molecule has 1 heterocycles. The Morgan fingerprint density at radius 2 is 2.12 bits per heavy atom. The molecule has 0 unspecified atom stereocenters. The summed E-state index contributed by atoms with van der Waals surface area (Å²) in [7, 11) is 0. The number of hydrogen-bond donors (Lipinski definition) is 1. The van der Waals surface area contributed by atoms with Crippen molar-refractivity contribution < 1.29 is 9.15 Å². The molecule has 0 bridgehead atoms. The van der Waals surface area contributed by atoms with Gasteiger partial charge in [-0.25, -0.2) is 0 Å². The van der Waals surface area contributed by atoms with Gasteiger partial charge in [-0.3, -0.25) is 0 Å². The third-order valence-electron chi connectivity index (χ3n) is 3.48. The summed E-state index contributed by atoms with van der Waals surface area (Å²) in [4.78, 5) is 0. The molecule has 1 aliphatic rings. The molecule has 0 atom stereocenters. The molecule has 0 amide bonds. The maximum Gasteiger partial charge on any atom is 0.134 e. The van der Waals surface area contributed by atoms with Crippen LogP contribution in [0.15, 0.2) is 28.7 Å². The summed E-state index contributed by atoms with van der Waals surface area (Å²) in [5.74, 6) is 0.852. The highest BCUT2D eigenvalue weighted by atomic mass is 16.5. The lowest BCUT2D eigenvalue weighted by Crippen LogP contribution is -2.21. The Morgan fingerprint density at radius 1 is 1.29 bits per heavy atom. The van der Waals surface area contributed by atoms with Gasteiger partial charge in [0.15, 0.2) is 0 Å². The van der Waals surface area contributed by atoms with Crippen LogP contribution in [0.4, 0.5) is 0 Å². The quantitative estimate of drug-likeness (QED) is 0.880. The lowest BCUT2D eigenvalue weighted by molar-refractivity contribution is -0.00877. The molecule has 2 N–H and O–H groups in total. The molecular weight excluding hydrogens is 214 g/mol. The molecule has 3 nitrogen and oxygen atoms in total. The van der Waals surface area contributed by atoms with Crippen molar-refractivity contribution in [3.8, 4) is 0 Å². The molecule has 1 aromatic heterocycles. The van der Waals surface area contributed by atoms with E-state index in [1.165, 1.54) is 19.3 Å². The number of furan rings is 1. The molecule has 3 heteroatoms. The average Bonchev–Trinajstić information content (AvgIpc) is 2.66. The Morgan fingerprint density at radius 3 is 2.82 bits per heavy atom. The number of hydrogen-bond acceptors (Lipinski definition) is 3. The van der Waals surface area contributed by atoms with Crippen LogP contribution in [0.1, 0.15) is 30.6 Å². The predicted octanol–water partition coefficient (Wildman–Crippen LogP) is 2.96. The van der Waals surface area contributed by atoms with Crippen LogP contribution < -0.4 is 5.73 Å². The largest absolute Gasteiger partial charge is 0.459 e. The molecule has 90 valence electrons. The van der Waals surface area contributed by atoms with Gasteiger partial charge in [-0.2, -0.15) is 0 Å². The smallest absolute Gasteiger partial charge is 0.134 e. The van der Waals surface area contributed by atoms with E-state index in [2.05, 4.69) is 6.07 Å². The van der Waals surface area contributed by atoms with Gasteiger partial charge in [-0.05, 0) is 25.3 Å². The van der Waals surface area contributed by atoms with Gasteiger partial charge < -0.3 is 14.9 Å². The number of rotatable bonds is 4. The fourth-order valence-corrected chi connectivity index (χ4v) is 2.21. The molecular formula is C14H17NO2. The third-order valence-corrected chi connectivity index (χ3v) is 3.48. The first kappa shape index (κ1) is 10.8. The lowest BCUT2D eigenvalue weighted by atomic mass is 9.96. The second-order valence-corrected chi connectivity index (χ2v) is 4.57. The Bertz CT molecular complexity index is 514. The van der Waals surface area contributed by atoms with Gasteiger partial charge in [0.05, 0.1) is 19.3 Å². The fourth-order valence-electron chi connectivity index (χ4n) is 2.21. The monoisotopic (exact) mass is 231 g/mol. The molecule has 0 radical (unpaired) electrons. The van der Waals surface area contributed by atoms with Crippen molar-refractivity contribution in [2.45, 2.75) is 38.5 Å². The lowest BCUT2D eigenvalue weighted by Gasteiger charge is -2.25. The minimum absolute atomic E-state index is 0.429. The van der Waals surface area contributed by atoms with Crippen molar-refractivity contribution in [3.05, 3.63) is 35.6 Å². The van der Waals surface area contributed by atoms with Crippen molar-refractivity contribution in [3.63, 3.8) is 0 Å². The van der Waals surface area contributed by atoms with Gasteiger partial charge in [-0.1, -0.05) is 18.2 Å². The number of nitrogens with two attached hydrogens (primary N) is 1. The predicted molar refractivity (Wildman–Crippen MR) is 66.5 cm³/mol. The highest BCUT2D eigenvalue weighted by molar-refractivity contribution is 5.82. The zero-order valence-corrected chi connectivity index (χ0v) is 9.82. The molecule has 0 aliphatic heterocycles. The Kier molecular flexibility index (Phi) is 2.87. The molecule has 17 heavy (non-hydrogen) atoms. The van der Waals surface area contributed by atoms with Gasteiger partial charge in [0.2, 0.25) is 0 Å². The van der Waals surface area contributed by atoms with Crippen molar-refractivity contribution in [2.75, 3.05) is 0 Å². The molecule has 1 saturated carbocycles. The standard InChI is InChI=1S/C14H17NO2/c15-8-14-12(9-16-10-4-3-5-10)11-6-1-2-7-13(11)17-14/h1-2,6-7,10H,3-5,8-9,15H2. The Hall–Kier alpha value is -1.32. The first-order chi connectivity index (χ1) is 8.38. The molecule has 1 aromatic carbocycles. The van der Waals surface area contributed by atoms with E-state index in [0.29, 0.717) is 19.3 Å². The SMILES string of the molecule is NCc1oc2ccccc2c1COC1CCC1. The molecule has 0 saturated heterocycles. The van der Waals surface area contributed by atoms with Gasteiger partial charge in [0.25, 0.3) is 0 Å². The summed E-state index contributed by atoms with van der Waals surface area (Å²) in [6, 6.07) is 8.03. The zero-order valence-electron chi connectivity index (χ0n) is 9.82.